The highest BCUT2D eigenvalue weighted by molar-refractivity contribution is 7.85. The maximum absolute atomic E-state index is 12.8. The lowest BCUT2D eigenvalue weighted by molar-refractivity contribution is -0.114. The van der Waals surface area contributed by atoms with Crippen LogP contribution in [0.5, 0.6) is 11.5 Å². The van der Waals surface area contributed by atoms with E-state index in [0.717, 1.165) is 5.56 Å². The van der Waals surface area contributed by atoms with E-state index in [-0.39, 0.29) is 17.6 Å². The summed E-state index contributed by atoms with van der Waals surface area (Å²) in [7, 11) is -4.30. The molecule has 4 rings (SSSR count). The molecule has 0 bridgehead atoms. The Hall–Kier alpha value is -3.17. The quantitative estimate of drug-likeness (QED) is 0.642. The summed E-state index contributed by atoms with van der Waals surface area (Å²) in [5, 5.41) is 5.43. The highest BCUT2D eigenvalue weighted by Crippen LogP contribution is 2.34. The van der Waals surface area contributed by atoms with Crippen molar-refractivity contribution in [2.45, 2.75) is 11.8 Å². The zero-order valence-corrected chi connectivity index (χ0v) is 14.9. The number of hydrogen-bond acceptors (Lipinski definition) is 6. The van der Waals surface area contributed by atoms with Crippen LogP contribution in [-0.4, -0.2) is 31.4 Å². The van der Waals surface area contributed by atoms with Crippen molar-refractivity contribution >= 4 is 33.5 Å². The second-order valence-electron chi connectivity index (χ2n) is 5.94. The maximum atomic E-state index is 12.8. The molecule has 2 aromatic carbocycles. The number of hydrogen-bond donors (Lipinski definition) is 1. The molecular weight excluding hydrogens is 372 g/mol. The molecule has 0 radical (unpaired) electrons. The monoisotopic (exact) mass is 386 g/mol. The summed E-state index contributed by atoms with van der Waals surface area (Å²) in [6, 6.07) is 10.6. The van der Waals surface area contributed by atoms with Crippen molar-refractivity contribution in [1.29, 1.82) is 0 Å². The number of nitrogens with zero attached hydrogens (tertiary/aromatic N) is 2. The molecule has 0 atom stereocenters. The Morgan fingerprint density at radius 3 is 2.52 bits per heavy atom. The molecule has 2 aromatic rings. The van der Waals surface area contributed by atoms with E-state index in [4.69, 9.17) is 14.0 Å². The van der Waals surface area contributed by atoms with Crippen LogP contribution in [0, 0.1) is 0 Å². The van der Waals surface area contributed by atoms with Gasteiger partial charge in [-0.05, 0) is 55.0 Å². The number of ether oxygens (including phenoxy) is 2. The molecule has 0 spiro atoms. The van der Waals surface area contributed by atoms with Gasteiger partial charge in [0.25, 0.3) is 16.0 Å². The molecule has 138 valence electrons. The number of rotatable bonds is 3. The lowest BCUT2D eigenvalue weighted by Crippen LogP contribution is -2.21. The van der Waals surface area contributed by atoms with Gasteiger partial charge in [0, 0.05) is 0 Å². The molecule has 0 aromatic heterocycles. The van der Waals surface area contributed by atoms with Crippen LogP contribution >= 0.6 is 0 Å². The molecule has 1 amide bonds. The van der Waals surface area contributed by atoms with Gasteiger partial charge >= 0.3 is 0 Å². The molecule has 0 saturated heterocycles. The Bertz CT molecular complexity index is 1100. The van der Waals surface area contributed by atoms with E-state index >= 15 is 0 Å². The fraction of sp³-hybridized carbons (Fsp3) is 0.111. The number of benzene rings is 2. The van der Waals surface area contributed by atoms with Gasteiger partial charge in [0.2, 0.25) is 6.79 Å². The molecule has 0 unspecified atom stereocenters. The molecule has 9 heteroatoms. The van der Waals surface area contributed by atoms with Crippen LogP contribution in [0.2, 0.25) is 0 Å². The van der Waals surface area contributed by atoms with Crippen LogP contribution in [0.4, 0.5) is 5.69 Å². The Morgan fingerprint density at radius 1 is 1.11 bits per heavy atom. The predicted octanol–water partition coefficient (Wildman–Crippen LogP) is 2.47. The smallest absolute Gasteiger partial charge is 0.294 e. The topological polar surface area (TPSA) is 106 Å². The van der Waals surface area contributed by atoms with E-state index in [1.54, 1.807) is 25.1 Å². The van der Waals surface area contributed by atoms with Gasteiger partial charge < -0.3 is 9.47 Å². The fourth-order valence-electron chi connectivity index (χ4n) is 2.79. The fourth-order valence-corrected chi connectivity index (χ4v) is 3.27. The zero-order chi connectivity index (χ0) is 19.2. The van der Waals surface area contributed by atoms with Gasteiger partial charge in [0.05, 0.1) is 21.9 Å². The summed E-state index contributed by atoms with van der Waals surface area (Å²) >= 11 is 0. The lowest BCUT2D eigenvalue weighted by Gasteiger charge is -2.12. The third-order valence-electron chi connectivity index (χ3n) is 4.15. The SMILES string of the molecule is CC1=NN(c2ccc(S(=O)(=O)O)cc2)C(=O)/C1=C\c1ccc2c(c1)OCO2. The van der Waals surface area contributed by atoms with Gasteiger partial charge in [-0.15, -0.1) is 0 Å². The summed E-state index contributed by atoms with van der Waals surface area (Å²) in [5.41, 5.74) is 2.09. The summed E-state index contributed by atoms with van der Waals surface area (Å²) in [6.07, 6.45) is 1.70. The summed E-state index contributed by atoms with van der Waals surface area (Å²) in [5.74, 6) is 0.924. The predicted molar refractivity (Wildman–Crippen MR) is 97.4 cm³/mol. The van der Waals surface area contributed by atoms with Gasteiger partial charge in [-0.2, -0.15) is 18.5 Å². The van der Waals surface area contributed by atoms with E-state index in [2.05, 4.69) is 5.10 Å². The average Bonchev–Trinajstić information content (AvgIpc) is 3.20. The Balaban J connectivity index is 1.63. The molecule has 2 aliphatic heterocycles. The third-order valence-corrected chi connectivity index (χ3v) is 5.02. The first-order valence-electron chi connectivity index (χ1n) is 7.92. The largest absolute Gasteiger partial charge is 0.454 e. The minimum Gasteiger partial charge on any atom is -0.454 e. The number of amides is 1. The molecule has 8 nitrogen and oxygen atoms in total. The van der Waals surface area contributed by atoms with Crippen LogP contribution in [0.15, 0.2) is 58.0 Å². The van der Waals surface area contributed by atoms with Gasteiger partial charge in [-0.3, -0.25) is 9.35 Å². The molecule has 2 aliphatic rings. The van der Waals surface area contributed by atoms with Crippen LogP contribution in [-0.2, 0) is 14.9 Å². The van der Waals surface area contributed by atoms with Crippen LogP contribution < -0.4 is 14.5 Å². The van der Waals surface area contributed by atoms with Gasteiger partial charge in [0.1, 0.15) is 0 Å². The van der Waals surface area contributed by atoms with E-state index < -0.39 is 10.1 Å². The van der Waals surface area contributed by atoms with Crippen molar-refractivity contribution in [2.75, 3.05) is 11.8 Å². The van der Waals surface area contributed by atoms with E-state index in [9.17, 15) is 13.2 Å². The Morgan fingerprint density at radius 2 is 1.81 bits per heavy atom. The molecule has 1 N–H and O–H groups in total. The van der Waals surface area contributed by atoms with Crippen molar-refractivity contribution in [2.24, 2.45) is 5.10 Å². The lowest BCUT2D eigenvalue weighted by atomic mass is 10.1. The first-order chi connectivity index (χ1) is 12.8. The van der Waals surface area contributed by atoms with Gasteiger partial charge in [0.15, 0.2) is 11.5 Å². The van der Waals surface area contributed by atoms with Crippen molar-refractivity contribution in [3.05, 3.63) is 53.6 Å². The van der Waals surface area contributed by atoms with Crippen molar-refractivity contribution in [3.8, 4) is 11.5 Å². The van der Waals surface area contributed by atoms with Crippen molar-refractivity contribution in [1.82, 2.24) is 0 Å². The Labute approximate surface area is 155 Å². The second-order valence-corrected chi connectivity index (χ2v) is 7.36. The average molecular weight is 386 g/mol. The normalized spacial score (nSPS) is 17.6. The number of anilines is 1. The first kappa shape index (κ1) is 17.3. The van der Waals surface area contributed by atoms with Gasteiger partial charge in [-0.1, -0.05) is 6.07 Å². The highest BCUT2D eigenvalue weighted by atomic mass is 32.2. The molecule has 2 heterocycles. The molecule has 0 aliphatic carbocycles. The molecule has 27 heavy (non-hydrogen) atoms. The first-order valence-corrected chi connectivity index (χ1v) is 9.36. The maximum Gasteiger partial charge on any atom is 0.294 e. The zero-order valence-electron chi connectivity index (χ0n) is 14.1. The molecule has 0 saturated carbocycles. The standard InChI is InChI=1S/C18H14N2O6S/c1-11-15(8-12-2-7-16-17(9-12)26-10-25-16)18(21)20(19-11)13-3-5-14(6-4-13)27(22,23)24/h2-9H,10H2,1H3,(H,22,23,24)/b15-8-. The van der Waals surface area contributed by atoms with Crippen molar-refractivity contribution in [3.63, 3.8) is 0 Å². The van der Waals surface area contributed by atoms with E-state index in [1.165, 1.54) is 29.3 Å². The number of hydrazone groups is 1. The number of fused-ring (bicyclic) bond motifs is 1. The van der Waals surface area contributed by atoms with Crippen molar-refractivity contribution < 1.29 is 27.2 Å². The summed E-state index contributed by atoms with van der Waals surface area (Å²) in [6.45, 7) is 1.88. The van der Waals surface area contributed by atoms with Crippen LogP contribution in [0.3, 0.4) is 0 Å². The molecular formula is C18H14N2O6S. The minimum atomic E-state index is -4.30. The number of carbonyl (C=O) groups excluding carboxylic acids is 1. The highest BCUT2D eigenvalue weighted by Gasteiger charge is 2.29. The van der Waals surface area contributed by atoms with Crippen LogP contribution in [0.25, 0.3) is 6.08 Å². The van der Waals surface area contributed by atoms with Gasteiger partial charge in [-0.25, -0.2) is 0 Å². The Kier molecular flexibility index (Phi) is 3.97. The minimum absolute atomic E-state index is 0.169. The second kappa shape index (κ2) is 6.22. The third kappa shape index (κ3) is 3.18. The van der Waals surface area contributed by atoms with E-state index in [1.807, 2.05) is 6.07 Å². The number of carbonyl (C=O) groups is 1. The molecule has 0 fully saturated rings. The van der Waals surface area contributed by atoms with Crippen LogP contribution in [0.1, 0.15) is 12.5 Å². The summed E-state index contributed by atoms with van der Waals surface area (Å²) in [4.78, 5) is 12.5. The summed E-state index contributed by atoms with van der Waals surface area (Å²) < 4.78 is 41.9. The van der Waals surface area contributed by atoms with E-state index in [0.29, 0.717) is 28.5 Å².